The van der Waals surface area contributed by atoms with E-state index in [2.05, 4.69) is 0 Å². The van der Waals surface area contributed by atoms with E-state index in [1.165, 1.54) is 13.9 Å². The van der Waals surface area contributed by atoms with E-state index in [1.54, 1.807) is 24.3 Å². The van der Waals surface area contributed by atoms with Crippen molar-refractivity contribution in [3.8, 4) is 11.4 Å². The van der Waals surface area contributed by atoms with Gasteiger partial charge in [-0.3, -0.25) is 0 Å². The average molecular weight is 481 g/mol. The van der Waals surface area contributed by atoms with Crippen molar-refractivity contribution in [1.29, 1.82) is 0 Å². The summed E-state index contributed by atoms with van der Waals surface area (Å²) in [7, 11) is -1.10. The van der Waals surface area contributed by atoms with Crippen molar-refractivity contribution in [3.05, 3.63) is 129 Å². The highest BCUT2D eigenvalue weighted by Crippen LogP contribution is 2.44. The summed E-state index contributed by atoms with van der Waals surface area (Å²) in [4.78, 5) is 27.2. The molecule has 0 bridgehead atoms. The first-order valence-electron chi connectivity index (χ1n) is 11.9. The lowest BCUT2D eigenvalue weighted by Gasteiger charge is -2.40. The Kier molecular flexibility index (Phi) is 5.71. The quantitative estimate of drug-likeness (QED) is 0.350. The first-order valence-corrected chi connectivity index (χ1v) is 11.9. The Labute approximate surface area is 207 Å². The first-order chi connectivity index (χ1) is 17.6. The van der Waals surface area contributed by atoms with Gasteiger partial charge in [-0.25, -0.2) is 23.5 Å². The van der Waals surface area contributed by atoms with Crippen molar-refractivity contribution in [1.82, 2.24) is 13.9 Å². The number of fused-ring (bicyclic) bond motifs is 3. The molecule has 1 N–H and O–H groups in total. The molecule has 2 aliphatic rings. The van der Waals surface area contributed by atoms with Crippen LogP contribution < -0.4 is 16.1 Å². The second-order valence-electron chi connectivity index (χ2n) is 8.93. The minimum atomic E-state index is -1.10. The molecule has 6 rings (SSSR count). The van der Waals surface area contributed by atoms with Crippen LogP contribution in [0.4, 0.5) is 0 Å². The molecule has 0 amide bonds. The predicted octanol–water partition coefficient (Wildman–Crippen LogP) is 2.98. The summed E-state index contributed by atoms with van der Waals surface area (Å²) in [6.45, 7) is 0.394. The number of nitrogens with zero attached hydrogens (tertiary/aromatic N) is 3. The van der Waals surface area contributed by atoms with E-state index in [0.29, 0.717) is 11.4 Å². The summed E-state index contributed by atoms with van der Waals surface area (Å²) in [6, 6.07) is 27.3. The normalized spacial score (nSPS) is 19.1. The molecule has 2 aliphatic heterocycles. The van der Waals surface area contributed by atoms with Gasteiger partial charge in [-0.05, 0) is 41.0 Å². The van der Waals surface area contributed by atoms with Gasteiger partial charge in [0.2, 0.25) is 0 Å². The highest BCUT2D eigenvalue weighted by molar-refractivity contribution is 6.43. The number of rotatable bonds is 5. The van der Waals surface area contributed by atoms with Crippen LogP contribution in [0.25, 0.3) is 5.69 Å². The molecule has 3 aromatic carbocycles. The second kappa shape index (κ2) is 9.18. The lowest BCUT2D eigenvalue weighted by molar-refractivity contribution is 0.146. The van der Waals surface area contributed by atoms with Crippen LogP contribution in [0.5, 0.6) is 5.75 Å². The molecule has 1 fully saturated rings. The summed E-state index contributed by atoms with van der Waals surface area (Å²) >= 11 is 0. The van der Waals surface area contributed by atoms with Crippen molar-refractivity contribution in [2.45, 2.75) is 25.0 Å². The zero-order valence-electron chi connectivity index (χ0n) is 19.4. The van der Waals surface area contributed by atoms with Gasteiger partial charge in [-0.2, -0.15) is 0 Å². The summed E-state index contributed by atoms with van der Waals surface area (Å²) < 4.78 is 16.2. The van der Waals surface area contributed by atoms with Crippen LogP contribution in [-0.2, 0) is 11.2 Å². The van der Waals surface area contributed by atoms with E-state index in [9.17, 15) is 14.6 Å². The third kappa shape index (κ3) is 3.82. The molecule has 0 radical (unpaired) electrons. The Morgan fingerprint density at radius 2 is 1.53 bits per heavy atom. The lowest BCUT2D eigenvalue weighted by atomic mass is 9.71. The lowest BCUT2D eigenvalue weighted by Crippen LogP contribution is -2.45. The SMILES string of the molecule is O=c1n(-c2ccccc2)c(=O)n2n1CC(COc1ccccc1)=C1[C@@H](c3ccccc3)OB(O)C[C@@H]12. The largest absolute Gasteiger partial charge is 0.489 e. The molecule has 0 aliphatic carbocycles. The molecule has 8 nitrogen and oxygen atoms in total. The maximum Gasteiger partial charge on any atom is 0.457 e. The minimum Gasteiger partial charge on any atom is -0.489 e. The summed E-state index contributed by atoms with van der Waals surface area (Å²) in [5.74, 6) is 0.701. The third-order valence-corrected chi connectivity index (χ3v) is 6.74. The standard InChI is InChI=1S/C27H24BN3O5/c32-26-29-17-20(18-35-22-14-8-3-9-15-22)24-23(16-28(34)36-25(24)19-10-4-1-5-11-19)31(29)27(33)30(26)21-12-6-2-7-13-21/h1-15,23,25,34H,16-18H2/t23-,25+/m0/s1. The zero-order valence-corrected chi connectivity index (χ0v) is 19.4. The number of aromatic nitrogens is 3. The van der Waals surface area contributed by atoms with E-state index in [-0.39, 0.29) is 19.5 Å². The van der Waals surface area contributed by atoms with Gasteiger partial charge in [-0.15, -0.1) is 0 Å². The van der Waals surface area contributed by atoms with Crippen LogP contribution in [0.1, 0.15) is 17.7 Å². The fourth-order valence-electron chi connectivity index (χ4n) is 5.14. The minimum absolute atomic E-state index is 0.144. The summed E-state index contributed by atoms with van der Waals surface area (Å²) in [5.41, 5.74) is 2.17. The number of hydrogen-bond acceptors (Lipinski definition) is 5. The van der Waals surface area contributed by atoms with Gasteiger partial charge < -0.3 is 14.4 Å². The van der Waals surface area contributed by atoms with E-state index in [1.807, 2.05) is 66.7 Å². The van der Waals surface area contributed by atoms with Gasteiger partial charge in [0.1, 0.15) is 12.4 Å². The maximum atomic E-state index is 13.7. The number of hydrogen-bond donors (Lipinski definition) is 1. The van der Waals surface area contributed by atoms with Crippen LogP contribution in [-0.4, -0.2) is 32.7 Å². The van der Waals surface area contributed by atoms with Crippen molar-refractivity contribution in [2.75, 3.05) is 6.61 Å². The molecular weight excluding hydrogens is 457 g/mol. The smallest absolute Gasteiger partial charge is 0.457 e. The fraction of sp³-hybridized carbons (Fsp3) is 0.185. The van der Waals surface area contributed by atoms with E-state index >= 15 is 0 Å². The molecule has 180 valence electrons. The Bertz CT molecular complexity index is 1530. The van der Waals surface area contributed by atoms with Gasteiger partial charge in [0.25, 0.3) is 0 Å². The molecular formula is C27H24BN3O5. The van der Waals surface area contributed by atoms with E-state index < -0.39 is 30.6 Å². The van der Waals surface area contributed by atoms with Crippen LogP contribution in [0.3, 0.4) is 0 Å². The summed E-state index contributed by atoms with van der Waals surface area (Å²) in [6.07, 6.45) is -0.434. The third-order valence-electron chi connectivity index (χ3n) is 6.74. The fourth-order valence-corrected chi connectivity index (χ4v) is 5.14. The van der Waals surface area contributed by atoms with Crippen LogP contribution in [0.2, 0.25) is 6.32 Å². The van der Waals surface area contributed by atoms with Gasteiger partial charge >= 0.3 is 18.5 Å². The summed E-state index contributed by atoms with van der Waals surface area (Å²) in [5, 5.41) is 10.7. The number of ether oxygens (including phenoxy) is 1. The van der Waals surface area contributed by atoms with Crippen LogP contribution >= 0.6 is 0 Å². The predicted molar refractivity (Wildman–Crippen MR) is 135 cm³/mol. The Morgan fingerprint density at radius 3 is 2.22 bits per heavy atom. The Hall–Kier alpha value is -4.08. The Morgan fingerprint density at radius 1 is 0.889 bits per heavy atom. The highest BCUT2D eigenvalue weighted by Gasteiger charge is 2.44. The molecule has 2 atom stereocenters. The van der Waals surface area contributed by atoms with Crippen molar-refractivity contribution in [3.63, 3.8) is 0 Å². The van der Waals surface area contributed by atoms with Crippen molar-refractivity contribution >= 4 is 7.12 Å². The topological polar surface area (TPSA) is 87.6 Å². The van der Waals surface area contributed by atoms with E-state index in [0.717, 1.165) is 16.7 Å². The zero-order chi connectivity index (χ0) is 24.6. The van der Waals surface area contributed by atoms with E-state index in [4.69, 9.17) is 9.39 Å². The molecule has 9 heteroatoms. The maximum absolute atomic E-state index is 13.7. The van der Waals surface area contributed by atoms with Crippen molar-refractivity contribution in [2.24, 2.45) is 0 Å². The molecule has 36 heavy (non-hydrogen) atoms. The number of benzene rings is 3. The molecule has 0 unspecified atom stereocenters. The molecule has 4 aromatic rings. The van der Waals surface area contributed by atoms with Crippen LogP contribution in [0, 0.1) is 0 Å². The molecule has 1 aromatic heterocycles. The molecule has 0 spiro atoms. The van der Waals surface area contributed by atoms with Gasteiger partial charge in [0.15, 0.2) is 0 Å². The van der Waals surface area contributed by atoms with Gasteiger partial charge in [0.05, 0.1) is 24.4 Å². The highest BCUT2D eigenvalue weighted by atomic mass is 16.5. The molecule has 0 saturated carbocycles. The monoisotopic (exact) mass is 481 g/mol. The van der Waals surface area contributed by atoms with Gasteiger partial charge in [0, 0.05) is 6.32 Å². The van der Waals surface area contributed by atoms with Crippen LogP contribution in [0.15, 0.2) is 112 Å². The average Bonchev–Trinajstić information content (AvgIpc) is 3.17. The second-order valence-corrected chi connectivity index (χ2v) is 8.93. The molecule has 3 heterocycles. The molecule has 1 saturated heterocycles. The number of para-hydroxylation sites is 2. The van der Waals surface area contributed by atoms with Crippen molar-refractivity contribution < 1.29 is 14.4 Å². The first kappa shape index (κ1) is 22.4. The van der Waals surface area contributed by atoms with Gasteiger partial charge in [-0.1, -0.05) is 66.7 Å². The Balaban J connectivity index is 1.51.